The summed E-state index contributed by atoms with van der Waals surface area (Å²) in [7, 11) is 1.35. The highest BCUT2D eigenvalue weighted by molar-refractivity contribution is 9.10. The van der Waals surface area contributed by atoms with E-state index in [4.69, 9.17) is 14.2 Å². The Morgan fingerprint density at radius 3 is 2.64 bits per heavy atom. The zero-order valence-electron chi connectivity index (χ0n) is 18.8. The highest BCUT2D eigenvalue weighted by Gasteiger charge is 2.35. The minimum absolute atomic E-state index is 0.384. The normalized spacial score (nSPS) is 15.0. The summed E-state index contributed by atoms with van der Waals surface area (Å²) in [6, 6.07) is 11.3. The van der Waals surface area contributed by atoms with Gasteiger partial charge < -0.3 is 19.5 Å². The van der Waals surface area contributed by atoms with Gasteiger partial charge in [0.15, 0.2) is 11.5 Å². The van der Waals surface area contributed by atoms with Crippen LogP contribution in [0.15, 0.2) is 52.1 Å². The van der Waals surface area contributed by atoms with Crippen LogP contribution in [0.25, 0.3) is 0 Å². The molecule has 1 aromatic heterocycles. The maximum Gasteiger partial charge on any atom is 0.338 e. The average molecular weight is 514 g/mol. The summed E-state index contributed by atoms with van der Waals surface area (Å²) in [5.74, 6) is 1.08. The summed E-state index contributed by atoms with van der Waals surface area (Å²) < 4.78 is 19.3. The number of fused-ring (bicyclic) bond motifs is 1. The van der Waals surface area contributed by atoms with Gasteiger partial charge >= 0.3 is 5.97 Å². The van der Waals surface area contributed by atoms with Crippen LogP contribution in [0.1, 0.15) is 36.6 Å². The van der Waals surface area contributed by atoms with E-state index in [9.17, 15) is 4.79 Å². The van der Waals surface area contributed by atoms with Crippen molar-refractivity contribution in [2.24, 2.45) is 0 Å². The Kier molecular flexibility index (Phi) is 6.64. The van der Waals surface area contributed by atoms with Gasteiger partial charge in [0.05, 0.1) is 23.8 Å². The maximum absolute atomic E-state index is 12.7. The van der Waals surface area contributed by atoms with Gasteiger partial charge in [-0.1, -0.05) is 34.9 Å². The molecule has 33 heavy (non-hydrogen) atoms. The number of nitrogens with one attached hydrogen (secondary N) is 1. The van der Waals surface area contributed by atoms with Crippen molar-refractivity contribution >= 4 is 27.8 Å². The molecule has 0 saturated heterocycles. The Balaban J connectivity index is 1.75. The summed E-state index contributed by atoms with van der Waals surface area (Å²) in [6.45, 7) is 6.56. The molecule has 3 aromatic rings. The van der Waals surface area contributed by atoms with Crippen LogP contribution in [0.2, 0.25) is 0 Å². The van der Waals surface area contributed by atoms with E-state index in [2.05, 4.69) is 36.8 Å². The molecule has 2 aromatic carbocycles. The third-order valence-corrected chi connectivity index (χ3v) is 5.86. The molecule has 1 aliphatic heterocycles. The number of halogens is 1. The number of hydrogen-bond acceptors (Lipinski definition) is 8. The monoisotopic (exact) mass is 513 g/mol. The first-order valence-corrected chi connectivity index (χ1v) is 11.2. The van der Waals surface area contributed by atoms with Crippen LogP contribution >= 0.6 is 15.9 Å². The zero-order valence-corrected chi connectivity index (χ0v) is 20.3. The molecule has 10 heteroatoms. The van der Waals surface area contributed by atoms with Gasteiger partial charge in [-0.15, -0.1) is 0 Å². The summed E-state index contributed by atoms with van der Waals surface area (Å²) in [5, 5.41) is 14.9. The van der Waals surface area contributed by atoms with E-state index in [1.54, 1.807) is 11.6 Å². The van der Waals surface area contributed by atoms with E-state index < -0.39 is 12.0 Å². The van der Waals surface area contributed by atoms with Crippen molar-refractivity contribution in [2.75, 3.05) is 19.0 Å². The number of benzene rings is 2. The fraction of sp³-hybridized carbons (Fsp3) is 0.304. The van der Waals surface area contributed by atoms with Gasteiger partial charge in [-0.2, -0.15) is 4.68 Å². The van der Waals surface area contributed by atoms with E-state index in [0.717, 1.165) is 11.1 Å². The van der Waals surface area contributed by atoms with Crippen LogP contribution in [-0.4, -0.2) is 39.9 Å². The van der Waals surface area contributed by atoms with Gasteiger partial charge in [0.2, 0.25) is 5.95 Å². The van der Waals surface area contributed by atoms with Gasteiger partial charge in [0.1, 0.15) is 12.6 Å². The number of allylic oxidation sites excluding steroid dienone is 1. The molecule has 0 amide bonds. The molecular weight excluding hydrogens is 490 g/mol. The largest absolute Gasteiger partial charge is 0.490 e. The molecule has 1 atom stereocenters. The average Bonchev–Trinajstić information content (AvgIpc) is 3.26. The zero-order chi connectivity index (χ0) is 23.5. The molecule has 0 aliphatic carbocycles. The number of rotatable bonds is 7. The second-order valence-electron chi connectivity index (χ2n) is 7.54. The van der Waals surface area contributed by atoms with Crippen molar-refractivity contribution in [3.8, 4) is 11.5 Å². The molecule has 0 radical (unpaired) electrons. The van der Waals surface area contributed by atoms with E-state index in [0.29, 0.717) is 46.4 Å². The van der Waals surface area contributed by atoms with Crippen molar-refractivity contribution in [3.05, 3.63) is 68.8 Å². The third-order valence-electron chi connectivity index (χ3n) is 5.27. The lowest BCUT2D eigenvalue weighted by atomic mass is 9.95. The van der Waals surface area contributed by atoms with Crippen LogP contribution in [0, 0.1) is 6.92 Å². The standard InChI is InChI=1S/C23H24BrN5O4/c1-5-32-18-11-16(10-17(24)21(18)33-12-15-8-6-13(2)7-9-15)20-19(22(30)31-4)14(3)25-23-26-27-28-29(20)23/h6-11,20H,5,12H2,1-4H3,(H,25,26,28). The second kappa shape index (κ2) is 9.62. The first-order chi connectivity index (χ1) is 15.9. The fourth-order valence-electron chi connectivity index (χ4n) is 3.68. The summed E-state index contributed by atoms with van der Waals surface area (Å²) in [4.78, 5) is 12.7. The SMILES string of the molecule is CCOc1cc(C2C(C(=O)OC)=C(C)Nc3nnnn32)cc(Br)c1OCc1ccc(C)cc1. The van der Waals surface area contributed by atoms with Gasteiger partial charge in [-0.3, -0.25) is 0 Å². The molecule has 0 fully saturated rings. The fourth-order valence-corrected chi connectivity index (χ4v) is 4.26. The quantitative estimate of drug-likeness (QED) is 0.469. The molecule has 4 rings (SSSR count). The molecule has 0 bridgehead atoms. The first kappa shape index (κ1) is 22.8. The van der Waals surface area contributed by atoms with Crippen LogP contribution < -0.4 is 14.8 Å². The van der Waals surface area contributed by atoms with Crippen molar-refractivity contribution < 1.29 is 19.0 Å². The highest BCUT2D eigenvalue weighted by atomic mass is 79.9. The van der Waals surface area contributed by atoms with Crippen molar-refractivity contribution in [1.29, 1.82) is 0 Å². The van der Waals surface area contributed by atoms with E-state index in [1.807, 2.05) is 50.2 Å². The Morgan fingerprint density at radius 1 is 1.18 bits per heavy atom. The number of anilines is 1. The van der Waals surface area contributed by atoms with Gasteiger partial charge in [-0.05, 0) is 70.4 Å². The number of tetrazole rings is 1. The number of carbonyl (C=O) groups excluding carboxylic acids is 1. The lowest BCUT2D eigenvalue weighted by Crippen LogP contribution is -2.29. The Hall–Kier alpha value is -3.40. The minimum Gasteiger partial charge on any atom is -0.490 e. The van der Waals surface area contributed by atoms with Gasteiger partial charge in [-0.25, -0.2) is 4.79 Å². The van der Waals surface area contributed by atoms with Crippen molar-refractivity contribution in [2.45, 2.75) is 33.4 Å². The minimum atomic E-state index is -0.606. The van der Waals surface area contributed by atoms with Crippen molar-refractivity contribution in [3.63, 3.8) is 0 Å². The molecular formula is C23H24BrN5O4. The number of carbonyl (C=O) groups is 1. The van der Waals surface area contributed by atoms with Gasteiger partial charge in [0.25, 0.3) is 0 Å². The molecule has 0 saturated carbocycles. The summed E-state index contributed by atoms with van der Waals surface area (Å²) >= 11 is 3.63. The second-order valence-corrected chi connectivity index (χ2v) is 8.40. The number of hydrogen-bond donors (Lipinski definition) is 1. The molecule has 2 heterocycles. The summed E-state index contributed by atoms with van der Waals surface area (Å²) in [5.41, 5.74) is 3.99. The molecule has 0 spiro atoms. The van der Waals surface area contributed by atoms with E-state index >= 15 is 0 Å². The molecule has 172 valence electrons. The number of methoxy groups -OCH3 is 1. The lowest BCUT2D eigenvalue weighted by Gasteiger charge is -2.28. The first-order valence-electron chi connectivity index (χ1n) is 10.4. The number of esters is 1. The van der Waals surface area contributed by atoms with Crippen LogP contribution in [0.5, 0.6) is 11.5 Å². The molecule has 1 N–H and O–H groups in total. The lowest BCUT2D eigenvalue weighted by molar-refractivity contribution is -0.136. The third kappa shape index (κ3) is 4.56. The number of aryl methyl sites for hydroxylation is 1. The Bertz CT molecular complexity index is 1210. The molecule has 1 unspecified atom stereocenters. The number of aromatic nitrogens is 4. The summed E-state index contributed by atoms with van der Waals surface area (Å²) in [6.07, 6.45) is 0. The van der Waals surface area contributed by atoms with Gasteiger partial charge in [0, 0.05) is 5.70 Å². The number of nitrogens with zero attached hydrogens (tertiary/aromatic N) is 4. The van der Waals surface area contributed by atoms with Crippen LogP contribution in [-0.2, 0) is 16.1 Å². The molecule has 9 nitrogen and oxygen atoms in total. The molecule has 1 aliphatic rings. The van der Waals surface area contributed by atoms with Crippen LogP contribution in [0.3, 0.4) is 0 Å². The van der Waals surface area contributed by atoms with Crippen LogP contribution in [0.4, 0.5) is 5.95 Å². The van der Waals surface area contributed by atoms with E-state index in [1.165, 1.54) is 12.7 Å². The van der Waals surface area contributed by atoms with Crippen molar-refractivity contribution in [1.82, 2.24) is 20.2 Å². The highest BCUT2D eigenvalue weighted by Crippen LogP contribution is 2.43. The number of ether oxygens (including phenoxy) is 3. The maximum atomic E-state index is 12.7. The predicted octanol–water partition coefficient (Wildman–Crippen LogP) is 4.18. The predicted molar refractivity (Wildman–Crippen MR) is 125 cm³/mol. The van der Waals surface area contributed by atoms with E-state index in [-0.39, 0.29) is 0 Å². The Labute approximate surface area is 199 Å². The smallest absolute Gasteiger partial charge is 0.338 e. The topological polar surface area (TPSA) is 100 Å². The Morgan fingerprint density at radius 2 is 1.94 bits per heavy atom.